The number of aromatic nitrogens is 4. The highest BCUT2D eigenvalue weighted by atomic mass is 19.1. The third-order valence-corrected chi connectivity index (χ3v) is 5.01. The molecule has 0 spiro atoms. The lowest BCUT2D eigenvalue weighted by Crippen LogP contribution is -2.52. The largest absolute Gasteiger partial charge is 0.338 e. The maximum atomic E-state index is 13.1. The molecule has 1 fully saturated rings. The average Bonchev–Trinajstić information content (AvgIpc) is 2.86. The number of carbonyl (C=O) groups excluding carboxylic acids is 1. The molecule has 1 aliphatic heterocycles. The van der Waals surface area contributed by atoms with Crippen molar-refractivity contribution in [2.75, 3.05) is 13.1 Å². The van der Waals surface area contributed by atoms with Crippen LogP contribution in [0, 0.1) is 5.82 Å². The van der Waals surface area contributed by atoms with Crippen LogP contribution in [0.15, 0.2) is 35.3 Å². The molecule has 0 radical (unpaired) electrons. The summed E-state index contributed by atoms with van der Waals surface area (Å²) >= 11 is 0. The fraction of sp³-hybridized carbons (Fsp3) is 0.368. The summed E-state index contributed by atoms with van der Waals surface area (Å²) in [4.78, 5) is 35.8. The van der Waals surface area contributed by atoms with E-state index >= 15 is 0 Å². The first kappa shape index (κ1) is 17.4. The molecule has 2 aromatic heterocycles. The summed E-state index contributed by atoms with van der Waals surface area (Å²) in [7, 11) is 1.61. The number of hydrogen-bond donors (Lipinski definition) is 0. The molecule has 3 aromatic rings. The molecule has 0 aliphatic carbocycles. The molecular formula is C19H20FN5O2. The zero-order valence-corrected chi connectivity index (χ0v) is 15.2. The molecule has 4 rings (SSSR count). The number of imidazole rings is 1. The summed E-state index contributed by atoms with van der Waals surface area (Å²) in [6.07, 6.45) is 3.15. The number of benzene rings is 1. The number of halogens is 1. The maximum Gasteiger partial charge on any atom is 0.338 e. The van der Waals surface area contributed by atoms with Gasteiger partial charge in [0.2, 0.25) is 0 Å². The molecule has 1 saturated heterocycles. The number of amides is 1. The number of likely N-dealkylation sites (tertiary alicyclic amines) is 1. The second-order valence-corrected chi connectivity index (χ2v) is 6.86. The number of rotatable bonds is 3. The summed E-state index contributed by atoms with van der Waals surface area (Å²) in [6, 6.07) is 5.92. The van der Waals surface area contributed by atoms with Crippen LogP contribution in [0.1, 0.15) is 30.7 Å². The van der Waals surface area contributed by atoms with Gasteiger partial charge < -0.3 is 4.90 Å². The topological polar surface area (TPSA) is 73.0 Å². The third kappa shape index (κ3) is 2.90. The van der Waals surface area contributed by atoms with Crippen molar-refractivity contribution in [2.45, 2.75) is 25.7 Å². The van der Waals surface area contributed by atoms with Crippen molar-refractivity contribution in [2.24, 2.45) is 7.05 Å². The van der Waals surface area contributed by atoms with Gasteiger partial charge >= 0.3 is 11.7 Å². The van der Waals surface area contributed by atoms with Crippen LogP contribution in [-0.2, 0) is 13.5 Å². The highest BCUT2D eigenvalue weighted by Gasteiger charge is 2.34. The number of carbonyl (C=O) groups is 1. The van der Waals surface area contributed by atoms with Gasteiger partial charge in [-0.3, -0.25) is 4.57 Å². The second-order valence-electron chi connectivity index (χ2n) is 6.86. The quantitative estimate of drug-likeness (QED) is 0.710. The van der Waals surface area contributed by atoms with Crippen molar-refractivity contribution in [3.8, 4) is 0 Å². The molecular weight excluding hydrogens is 349 g/mol. The molecule has 0 saturated carbocycles. The van der Waals surface area contributed by atoms with Gasteiger partial charge in [0.1, 0.15) is 17.2 Å². The third-order valence-electron chi connectivity index (χ3n) is 5.01. The Morgan fingerprint density at radius 3 is 2.63 bits per heavy atom. The minimum atomic E-state index is -0.428. The van der Waals surface area contributed by atoms with Crippen LogP contribution < -0.4 is 5.69 Å². The Kier molecular flexibility index (Phi) is 4.25. The van der Waals surface area contributed by atoms with Crippen LogP contribution in [0.4, 0.5) is 9.18 Å². The summed E-state index contributed by atoms with van der Waals surface area (Å²) in [5.74, 6) is 0.478. The van der Waals surface area contributed by atoms with Crippen molar-refractivity contribution in [1.29, 1.82) is 0 Å². The van der Waals surface area contributed by atoms with E-state index < -0.39 is 5.69 Å². The normalized spacial score (nSPS) is 14.6. The standard InChI is InChI=1S/C19H20FN5O2/c1-3-4-16-21-9-15-17(22-16)25(18(26)23(15)2)19(27)24-10-13(11-24)12-5-7-14(20)8-6-12/h5-9,13H,3-4,10-11H2,1-2H3. The summed E-state index contributed by atoms with van der Waals surface area (Å²) in [6.45, 7) is 2.99. The Morgan fingerprint density at radius 1 is 1.26 bits per heavy atom. The Morgan fingerprint density at radius 2 is 1.96 bits per heavy atom. The molecule has 140 valence electrons. The molecule has 0 bridgehead atoms. The van der Waals surface area contributed by atoms with Crippen LogP contribution in [-0.4, -0.2) is 43.1 Å². The van der Waals surface area contributed by atoms with E-state index in [1.807, 2.05) is 6.92 Å². The molecule has 1 aliphatic rings. The number of nitrogens with zero attached hydrogens (tertiary/aromatic N) is 5. The molecule has 0 atom stereocenters. The first-order chi connectivity index (χ1) is 13.0. The van der Waals surface area contributed by atoms with Gasteiger partial charge in [-0.2, -0.15) is 4.57 Å². The van der Waals surface area contributed by atoms with Crippen molar-refractivity contribution >= 4 is 17.2 Å². The molecule has 7 nitrogen and oxygen atoms in total. The Labute approximate surface area is 155 Å². The van der Waals surface area contributed by atoms with E-state index in [9.17, 15) is 14.0 Å². The van der Waals surface area contributed by atoms with Gasteiger partial charge in [0.05, 0.1) is 6.20 Å². The lowest BCUT2D eigenvalue weighted by molar-refractivity contribution is 0.152. The Bertz CT molecular complexity index is 1060. The van der Waals surface area contributed by atoms with Gasteiger partial charge in [-0.15, -0.1) is 0 Å². The summed E-state index contributed by atoms with van der Waals surface area (Å²) < 4.78 is 15.6. The van der Waals surface area contributed by atoms with Gasteiger partial charge in [-0.1, -0.05) is 19.1 Å². The monoisotopic (exact) mass is 369 g/mol. The van der Waals surface area contributed by atoms with Crippen LogP contribution in [0.5, 0.6) is 0 Å². The van der Waals surface area contributed by atoms with Crippen molar-refractivity contribution in [1.82, 2.24) is 24.0 Å². The van der Waals surface area contributed by atoms with Gasteiger partial charge in [0.15, 0.2) is 5.65 Å². The van der Waals surface area contributed by atoms with Crippen molar-refractivity contribution in [3.63, 3.8) is 0 Å². The smallest absolute Gasteiger partial charge is 0.323 e. The predicted octanol–water partition coefficient (Wildman–Crippen LogP) is 2.29. The Hall–Kier alpha value is -3.03. The molecule has 0 N–H and O–H groups in total. The highest BCUT2D eigenvalue weighted by molar-refractivity contribution is 5.87. The summed E-state index contributed by atoms with van der Waals surface area (Å²) in [5, 5.41) is 0. The fourth-order valence-corrected chi connectivity index (χ4v) is 3.38. The molecule has 27 heavy (non-hydrogen) atoms. The molecule has 8 heteroatoms. The fourth-order valence-electron chi connectivity index (χ4n) is 3.38. The van der Waals surface area contributed by atoms with E-state index in [1.165, 1.54) is 16.7 Å². The molecule has 3 heterocycles. The first-order valence-electron chi connectivity index (χ1n) is 8.97. The van der Waals surface area contributed by atoms with Gasteiger partial charge in [0, 0.05) is 32.5 Å². The number of hydrogen-bond acceptors (Lipinski definition) is 4. The Balaban J connectivity index is 1.61. The van der Waals surface area contributed by atoms with E-state index in [0.717, 1.165) is 16.6 Å². The second kappa shape index (κ2) is 6.61. The van der Waals surface area contributed by atoms with Crippen LogP contribution >= 0.6 is 0 Å². The minimum absolute atomic E-state index is 0.144. The minimum Gasteiger partial charge on any atom is -0.323 e. The zero-order chi connectivity index (χ0) is 19.1. The average molecular weight is 369 g/mol. The van der Waals surface area contributed by atoms with Gasteiger partial charge in [0.25, 0.3) is 0 Å². The van der Waals surface area contributed by atoms with Crippen molar-refractivity contribution < 1.29 is 9.18 Å². The van der Waals surface area contributed by atoms with E-state index in [0.29, 0.717) is 36.5 Å². The molecule has 0 unspecified atom stereocenters. The highest BCUT2D eigenvalue weighted by Crippen LogP contribution is 2.28. The van der Waals surface area contributed by atoms with E-state index in [1.54, 1.807) is 30.3 Å². The summed E-state index contributed by atoms with van der Waals surface area (Å²) in [5.41, 5.74) is 1.43. The van der Waals surface area contributed by atoms with E-state index in [2.05, 4.69) is 9.97 Å². The van der Waals surface area contributed by atoms with Crippen LogP contribution in [0.25, 0.3) is 11.2 Å². The van der Waals surface area contributed by atoms with Crippen LogP contribution in [0.3, 0.4) is 0 Å². The zero-order valence-electron chi connectivity index (χ0n) is 15.2. The van der Waals surface area contributed by atoms with Crippen LogP contribution in [0.2, 0.25) is 0 Å². The van der Waals surface area contributed by atoms with E-state index in [-0.39, 0.29) is 17.8 Å². The SMILES string of the molecule is CCCc1ncc2c(n1)n(C(=O)N1CC(c3ccc(F)cc3)C1)c(=O)n2C. The van der Waals surface area contributed by atoms with E-state index in [4.69, 9.17) is 0 Å². The maximum absolute atomic E-state index is 13.1. The number of fused-ring (bicyclic) bond motifs is 1. The first-order valence-corrected chi connectivity index (χ1v) is 8.97. The lowest BCUT2D eigenvalue weighted by Gasteiger charge is -2.39. The van der Waals surface area contributed by atoms with Gasteiger partial charge in [-0.05, 0) is 24.1 Å². The van der Waals surface area contributed by atoms with Gasteiger partial charge in [-0.25, -0.2) is 23.9 Å². The predicted molar refractivity (Wildman–Crippen MR) is 98.3 cm³/mol. The van der Waals surface area contributed by atoms with Crippen molar-refractivity contribution in [3.05, 3.63) is 58.2 Å². The molecule has 1 amide bonds. The lowest BCUT2D eigenvalue weighted by atomic mass is 9.92. The molecule has 1 aromatic carbocycles. The number of aryl methyl sites for hydroxylation is 2.